The maximum absolute atomic E-state index is 10.7. The van der Waals surface area contributed by atoms with Crippen LogP contribution >= 0.6 is 0 Å². The summed E-state index contributed by atoms with van der Waals surface area (Å²) < 4.78 is 5.04. The molecule has 0 bridgehead atoms. The average molecular weight is 290 g/mol. The van der Waals surface area contributed by atoms with Crippen molar-refractivity contribution in [2.45, 2.75) is 25.6 Å². The monoisotopic (exact) mass is 290 g/mol. The molecule has 21 heavy (non-hydrogen) atoms. The average Bonchev–Trinajstić information content (AvgIpc) is 3.00. The van der Waals surface area contributed by atoms with E-state index in [0.717, 1.165) is 5.56 Å². The highest BCUT2D eigenvalue weighted by atomic mass is 16.5. The van der Waals surface area contributed by atoms with Crippen molar-refractivity contribution in [3.05, 3.63) is 42.1 Å². The molecule has 0 saturated carbocycles. The third kappa shape index (κ3) is 4.14. The smallest absolute Gasteiger partial charge is 0.216 e. The van der Waals surface area contributed by atoms with Crippen molar-refractivity contribution in [3.63, 3.8) is 0 Å². The molecular formula is C15H18N2O4. The van der Waals surface area contributed by atoms with E-state index in [0.29, 0.717) is 17.9 Å². The highest BCUT2D eigenvalue weighted by molar-refractivity contribution is 5.72. The Bertz CT molecular complexity index is 566. The first kappa shape index (κ1) is 15.2. The first-order chi connectivity index (χ1) is 10.1. The number of aliphatic hydroxyl groups excluding tert-OH is 2. The van der Waals surface area contributed by atoms with Gasteiger partial charge in [0.05, 0.1) is 12.3 Å². The zero-order chi connectivity index (χ0) is 15.2. The number of hydrogen-bond donors (Lipinski definition) is 3. The molecule has 1 aromatic carbocycles. The van der Waals surface area contributed by atoms with Gasteiger partial charge in [-0.1, -0.05) is 29.4 Å². The molecule has 2 atom stereocenters. The second-order valence-electron chi connectivity index (χ2n) is 4.78. The molecule has 2 unspecified atom stereocenters. The van der Waals surface area contributed by atoms with Crippen molar-refractivity contribution < 1.29 is 19.5 Å². The molecular weight excluding hydrogens is 272 g/mol. The van der Waals surface area contributed by atoms with E-state index in [9.17, 15) is 15.0 Å². The summed E-state index contributed by atoms with van der Waals surface area (Å²) in [5, 5.41) is 26.2. The lowest BCUT2D eigenvalue weighted by Crippen LogP contribution is -2.27. The quantitative estimate of drug-likeness (QED) is 0.744. The second kappa shape index (κ2) is 7.01. The molecule has 6 nitrogen and oxygen atoms in total. The number of aliphatic hydroxyl groups is 2. The molecule has 0 aliphatic rings. The minimum Gasteiger partial charge on any atom is -0.390 e. The summed E-state index contributed by atoms with van der Waals surface area (Å²) >= 11 is 0. The van der Waals surface area contributed by atoms with E-state index >= 15 is 0 Å². The predicted octanol–water partition coefficient (Wildman–Crippen LogP) is 1.26. The fraction of sp³-hybridized carbons (Fsp3) is 0.333. The lowest BCUT2D eigenvalue weighted by atomic mass is 10.0. The van der Waals surface area contributed by atoms with Crippen LogP contribution in [0.25, 0.3) is 11.3 Å². The third-order valence-electron chi connectivity index (χ3n) is 3.15. The molecule has 2 aromatic rings. The van der Waals surface area contributed by atoms with Crippen LogP contribution in [0.15, 0.2) is 41.1 Å². The minimum atomic E-state index is -0.998. The number of carbonyl (C=O) groups excluding carboxylic acids is 1. The van der Waals surface area contributed by atoms with Crippen molar-refractivity contribution in [2.75, 3.05) is 6.54 Å². The van der Waals surface area contributed by atoms with Gasteiger partial charge in [0.15, 0.2) is 5.76 Å². The summed E-state index contributed by atoms with van der Waals surface area (Å²) in [5.74, 6) is 0.482. The second-order valence-corrected chi connectivity index (χ2v) is 4.78. The predicted molar refractivity (Wildman–Crippen MR) is 76.2 cm³/mol. The molecule has 0 fully saturated rings. The van der Waals surface area contributed by atoms with Crippen molar-refractivity contribution in [3.8, 4) is 11.3 Å². The summed E-state index contributed by atoms with van der Waals surface area (Å²) in [4.78, 5) is 10.7. The first-order valence-corrected chi connectivity index (χ1v) is 6.69. The number of rotatable bonds is 6. The van der Waals surface area contributed by atoms with Gasteiger partial charge in [-0.2, -0.15) is 0 Å². The van der Waals surface area contributed by atoms with Crippen molar-refractivity contribution in [1.82, 2.24) is 10.5 Å². The third-order valence-corrected chi connectivity index (χ3v) is 3.15. The SMILES string of the molecule is CC(=O)NCCC(O)C(O)c1ccc(-c2ccno2)cc1. The molecule has 1 amide bonds. The van der Waals surface area contributed by atoms with Gasteiger partial charge in [0.25, 0.3) is 0 Å². The molecule has 6 heteroatoms. The van der Waals surface area contributed by atoms with Crippen LogP contribution in [0.4, 0.5) is 0 Å². The normalized spacial score (nSPS) is 13.7. The Balaban J connectivity index is 1.96. The van der Waals surface area contributed by atoms with Gasteiger partial charge >= 0.3 is 0 Å². The molecule has 0 aliphatic heterocycles. The van der Waals surface area contributed by atoms with Crippen LogP contribution in [0.2, 0.25) is 0 Å². The molecule has 1 aromatic heterocycles. The van der Waals surface area contributed by atoms with E-state index in [2.05, 4.69) is 10.5 Å². The Morgan fingerprint density at radius 2 is 2.00 bits per heavy atom. The van der Waals surface area contributed by atoms with E-state index in [1.165, 1.54) is 6.92 Å². The largest absolute Gasteiger partial charge is 0.390 e. The Kier molecular flexibility index (Phi) is 5.08. The van der Waals surface area contributed by atoms with Crippen LogP contribution in [-0.4, -0.2) is 33.9 Å². The lowest BCUT2D eigenvalue weighted by molar-refractivity contribution is -0.119. The summed E-state index contributed by atoms with van der Waals surface area (Å²) in [6.07, 6.45) is -0.0930. The summed E-state index contributed by atoms with van der Waals surface area (Å²) in [5.41, 5.74) is 1.45. The van der Waals surface area contributed by atoms with E-state index < -0.39 is 12.2 Å². The molecule has 0 spiro atoms. The van der Waals surface area contributed by atoms with E-state index in [-0.39, 0.29) is 12.3 Å². The standard InChI is InChI=1S/C15H18N2O4/c1-10(18)16-8-6-13(19)15(20)12-4-2-11(3-5-12)14-7-9-17-21-14/h2-5,7,9,13,15,19-20H,6,8H2,1H3,(H,16,18). The maximum atomic E-state index is 10.7. The van der Waals surface area contributed by atoms with Gasteiger partial charge in [0.2, 0.25) is 5.91 Å². The van der Waals surface area contributed by atoms with Crippen LogP contribution in [-0.2, 0) is 4.79 Å². The van der Waals surface area contributed by atoms with Gasteiger partial charge in [-0.15, -0.1) is 0 Å². The van der Waals surface area contributed by atoms with Crippen LogP contribution in [0, 0.1) is 0 Å². The number of hydrogen-bond acceptors (Lipinski definition) is 5. The van der Waals surface area contributed by atoms with Crippen LogP contribution < -0.4 is 5.32 Å². The van der Waals surface area contributed by atoms with E-state index in [4.69, 9.17) is 4.52 Å². The molecule has 0 radical (unpaired) electrons. The number of aromatic nitrogens is 1. The fourth-order valence-electron chi connectivity index (χ4n) is 1.99. The topological polar surface area (TPSA) is 95.6 Å². The van der Waals surface area contributed by atoms with E-state index in [1.54, 1.807) is 36.5 Å². The summed E-state index contributed by atoms with van der Waals surface area (Å²) in [7, 11) is 0. The molecule has 112 valence electrons. The number of benzene rings is 1. The van der Waals surface area contributed by atoms with Gasteiger partial charge in [-0.25, -0.2) is 0 Å². The Morgan fingerprint density at radius 1 is 1.29 bits per heavy atom. The number of amides is 1. The zero-order valence-electron chi connectivity index (χ0n) is 11.7. The Hall–Kier alpha value is -2.18. The highest BCUT2D eigenvalue weighted by Gasteiger charge is 2.18. The first-order valence-electron chi connectivity index (χ1n) is 6.69. The number of carbonyl (C=O) groups is 1. The molecule has 3 N–H and O–H groups in total. The lowest BCUT2D eigenvalue weighted by Gasteiger charge is -2.18. The van der Waals surface area contributed by atoms with Crippen molar-refractivity contribution in [2.24, 2.45) is 0 Å². The van der Waals surface area contributed by atoms with Crippen molar-refractivity contribution in [1.29, 1.82) is 0 Å². The van der Waals surface area contributed by atoms with Crippen LogP contribution in [0.1, 0.15) is 25.0 Å². The van der Waals surface area contributed by atoms with Gasteiger partial charge in [0.1, 0.15) is 6.10 Å². The summed E-state index contributed by atoms with van der Waals surface area (Å²) in [6, 6.07) is 8.78. The minimum absolute atomic E-state index is 0.159. The molecule has 0 aliphatic carbocycles. The Morgan fingerprint density at radius 3 is 2.57 bits per heavy atom. The number of nitrogens with zero attached hydrogens (tertiary/aromatic N) is 1. The maximum Gasteiger partial charge on any atom is 0.216 e. The van der Waals surface area contributed by atoms with Gasteiger partial charge in [-0.3, -0.25) is 4.79 Å². The van der Waals surface area contributed by atoms with Gasteiger partial charge in [0, 0.05) is 25.1 Å². The summed E-state index contributed by atoms with van der Waals surface area (Å²) in [6.45, 7) is 1.73. The van der Waals surface area contributed by atoms with Crippen molar-refractivity contribution >= 4 is 5.91 Å². The zero-order valence-corrected chi connectivity index (χ0v) is 11.7. The molecule has 2 rings (SSSR count). The van der Waals surface area contributed by atoms with Crippen LogP contribution in [0.3, 0.4) is 0 Å². The van der Waals surface area contributed by atoms with E-state index in [1.807, 2.05) is 0 Å². The van der Waals surface area contributed by atoms with Crippen LogP contribution in [0.5, 0.6) is 0 Å². The molecule has 0 saturated heterocycles. The molecule has 1 heterocycles. The Labute approximate surface area is 122 Å². The number of nitrogens with one attached hydrogen (secondary N) is 1. The highest BCUT2D eigenvalue weighted by Crippen LogP contribution is 2.23. The fourth-order valence-corrected chi connectivity index (χ4v) is 1.99. The van der Waals surface area contributed by atoms with Gasteiger partial charge < -0.3 is 20.1 Å². The van der Waals surface area contributed by atoms with Gasteiger partial charge in [-0.05, 0) is 12.0 Å².